The van der Waals surface area contributed by atoms with Gasteiger partial charge < -0.3 is 5.32 Å². The van der Waals surface area contributed by atoms with Gasteiger partial charge in [0.05, 0.1) is 0 Å². The van der Waals surface area contributed by atoms with Crippen molar-refractivity contribution in [3.63, 3.8) is 0 Å². The average Bonchev–Trinajstić information content (AvgIpc) is 2.35. The van der Waals surface area contributed by atoms with E-state index in [1.165, 1.54) is 22.9 Å². The molecular formula is C17H24BrN. The summed E-state index contributed by atoms with van der Waals surface area (Å²) in [7, 11) is 0. The molecule has 3 atom stereocenters. The molecule has 2 rings (SSSR count). The molecule has 1 N–H and O–H groups in total. The fourth-order valence-corrected chi connectivity index (χ4v) is 3.75. The minimum Gasteiger partial charge on any atom is -0.310 e. The minimum absolute atomic E-state index is 0.400. The van der Waals surface area contributed by atoms with E-state index < -0.39 is 0 Å². The van der Waals surface area contributed by atoms with Gasteiger partial charge in [-0.25, -0.2) is 0 Å². The minimum atomic E-state index is 0.400. The fourth-order valence-electron chi connectivity index (χ4n) is 3.12. The zero-order valence-electron chi connectivity index (χ0n) is 12.1. The third-order valence-electron chi connectivity index (χ3n) is 3.97. The van der Waals surface area contributed by atoms with E-state index in [1.54, 1.807) is 5.57 Å². The average molecular weight is 322 g/mol. The Morgan fingerprint density at radius 2 is 2.11 bits per heavy atom. The molecule has 0 amide bonds. The Bertz CT molecular complexity index is 452. The Hall–Kier alpha value is -0.600. The molecule has 1 aliphatic rings. The van der Waals surface area contributed by atoms with Crippen molar-refractivity contribution in [1.82, 2.24) is 5.32 Å². The summed E-state index contributed by atoms with van der Waals surface area (Å²) < 4.78 is 1.20. The van der Waals surface area contributed by atoms with Gasteiger partial charge in [0.15, 0.2) is 0 Å². The Morgan fingerprint density at radius 3 is 2.79 bits per heavy atom. The highest BCUT2D eigenvalue weighted by Crippen LogP contribution is 2.28. The maximum atomic E-state index is 3.69. The van der Waals surface area contributed by atoms with E-state index in [0.29, 0.717) is 6.04 Å². The first kappa shape index (κ1) is 14.8. The Labute approximate surface area is 125 Å². The van der Waals surface area contributed by atoms with E-state index in [2.05, 4.69) is 72.4 Å². The second-order valence-corrected chi connectivity index (χ2v) is 6.80. The molecule has 2 unspecified atom stereocenters. The van der Waals surface area contributed by atoms with Crippen molar-refractivity contribution in [1.29, 1.82) is 0 Å². The maximum Gasteiger partial charge on any atom is 0.0303 e. The molecule has 104 valence electrons. The molecule has 0 spiro atoms. The first-order chi connectivity index (χ1) is 9.06. The fraction of sp³-hybridized carbons (Fsp3) is 0.529. The lowest BCUT2D eigenvalue weighted by Crippen LogP contribution is -2.28. The standard InChI is InChI=1S/C17H24BrN/c1-12-8-13(2)10-15(9-12)11-19-14(3)16-6-4-5-7-17(16)18/h4-8,12,14-15,19H,9-11H2,1-3H3/t12?,14-,15?/m0/s1. The monoisotopic (exact) mass is 321 g/mol. The van der Waals surface area contributed by atoms with Crippen LogP contribution in [0.1, 0.15) is 45.2 Å². The van der Waals surface area contributed by atoms with Crippen LogP contribution in [0.5, 0.6) is 0 Å². The maximum absolute atomic E-state index is 3.69. The van der Waals surface area contributed by atoms with Crippen molar-refractivity contribution in [3.05, 3.63) is 46.0 Å². The van der Waals surface area contributed by atoms with Gasteiger partial charge in [0.2, 0.25) is 0 Å². The van der Waals surface area contributed by atoms with Crippen molar-refractivity contribution in [2.45, 2.75) is 39.7 Å². The molecule has 0 bridgehead atoms. The van der Waals surface area contributed by atoms with Gasteiger partial charge in [0.25, 0.3) is 0 Å². The zero-order chi connectivity index (χ0) is 13.8. The number of hydrogen-bond acceptors (Lipinski definition) is 1. The van der Waals surface area contributed by atoms with Crippen molar-refractivity contribution in [2.24, 2.45) is 11.8 Å². The molecule has 2 heteroatoms. The second kappa shape index (κ2) is 6.71. The molecular weight excluding hydrogens is 298 g/mol. The lowest BCUT2D eigenvalue weighted by molar-refractivity contribution is 0.366. The van der Waals surface area contributed by atoms with Crippen molar-refractivity contribution >= 4 is 15.9 Å². The first-order valence-corrected chi connectivity index (χ1v) is 8.00. The zero-order valence-corrected chi connectivity index (χ0v) is 13.7. The molecule has 1 aromatic rings. The summed E-state index contributed by atoms with van der Waals surface area (Å²) in [6.45, 7) is 7.94. The van der Waals surface area contributed by atoms with E-state index >= 15 is 0 Å². The van der Waals surface area contributed by atoms with Gasteiger partial charge in [-0.15, -0.1) is 0 Å². The van der Waals surface area contributed by atoms with Crippen LogP contribution in [0.3, 0.4) is 0 Å². The van der Waals surface area contributed by atoms with E-state index in [9.17, 15) is 0 Å². The van der Waals surface area contributed by atoms with Crippen molar-refractivity contribution in [3.8, 4) is 0 Å². The highest BCUT2D eigenvalue weighted by atomic mass is 79.9. The SMILES string of the molecule is CC1=CC(C)CC(CN[C@@H](C)c2ccccc2Br)C1. The first-order valence-electron chi connectivity index (χ1n) is 7.21. The summed E-state index contributed by atoms with van der Waals surface area (Å²) in [5, 5.41) is 3.69. The smallest absolute Gasteiger partial charge is 0.0303 e. The lowest BCUT2D eigenvalue weighted by Gasteiger charge is -2.27. The van der Waals surface area contributed by atoms with Crippen LogP contribution in [0.15, 0.2) is 40.4 Å². The summed E-state index contributed by atoms with van der Waals surface area (Å²) in [6.07, 6.45) is 4.99. The molecule has 0 radical (unpaired) electrons. The van der Waals surface area contributed by atoms with Gasteiger partial charge >= 0.3 is 0 Å². The van der Waals surface area contributed by atoms with Crippen molar-refractivity contribution in [2.75, 3.05) is 6.54 Å². The molecule has 0 aromatic heterocycles. The van der Waals surface area contributed by atoms with Crippen LogP contribution in [0, 0.1) is 11.8 Å². The predicted molar refractivity (Wildman–Crippen MR) is 86.2 cm³/mol. The summed E-state index contributed by atoms with van der Waals surface area (Å²) in [6, 6.07) is 8.88. The third kappa shape index (κ3) is 4.19. The summed E-state index contributed by atoms with van der Waals surface area (Å²) in [5.41, 5.74) is 2.90. The van der Waals surface area contributed by atoms with Crippen LogP contribution in [0.25, 0.3) is 0 Å². The number of rotatable bonds is 4. The Morgan fingerprint density at radius 1 is 1.37 bits per heavy atom. The number of nitrogens with one attached hydrogen (secondary N) is 1. The largest absolute Gasteiger partial charge is 0.310 e. The van der Waals surface area contributed by atoms with Gasteiger partial charge in [-0.2, -0.15) is 0 Å². The molecule has 0 aliphatic heterocycles. The highest BCUT2D eigenvalue weighted by Gasteiger charge is 2.19. The Balaban J connectivity index is 1.89. The van der Waals surface area contributed by atoms with Gasteiger partial charge in [0, 0.05) is 10.5 Å². The summed E-state index contributed by atoms with van der Waals surface area (Å²) >= 11 is 3.63. The molecule has 1 aromatic carbocycles. The molecule has 0 saturated carbocycles. The number of allylic oxidation sites excluding steroid dienone is 2. The van der Waals surface area contributed by atoms with Gasteiger partial charge in [-0.1, -0.05) is 52.7 Å². The highest BCUT2D eigenvalue weighted by molar-refractivity contribution is 9.10. The molecule has 0 saturated heterocycles. The molecule has 0 heterocycles. The van der Waals surface area contributed by atoms with E-state index in [0.717, 1.165) is 18.4 Å². The number of hydrogen-bond donors (Lipinski definition) is 1. The number of benzene rings is 1. The third-order valence-corrected chi connectivity index (χ3v) is 4.69. The van der Waals surface area contributed by atoms with E-state index in [-0.39, 0.29) is 0 Å². The van der Waals surface area contributed by atoms with Gasteiger partial charge in [-0.05, 0) is 56.7 Å². The van der Waals surface area contributed by atoms with Gasteiger partial charge in [0.1, 0.15) is 0 Å². The second-order valence-electron chi connectivity index (χ2n) is 5.95. The molecule has 1 nitrogen and oxygen atoms in total. The topological polar surface area (TPSA) is 12.0 Å². The van der Waals surface area contributed by atoms with E-state index in [4.69, 9.17) is 0 Å². The summed E-state index contributed by atoms with van der Waals surface area (Å²) in [4.78, 5) is 0. The van der Waals surface area contributed by atoms with Crippen LogP contribution >= 0.6 is 15.9 Å². The van der Waals surface area contributed by atoms with Crippen LogP contribution in [0.2, 0.25) is 0 Å². The number of halogens is 1. The lowest BCUT2D eigenvalue weighted by atomic mass is 9.83. The molecule has 1 aliphatic carbocycles. The van der Waals surface area contributed by atoms with E-state index in [1.807, 2.05) is 0 Å². The predicted octanol–water partition coefficient (Wildman–Crippen LogP) is 5.09. The summed E-state index contributed by atoms with van der Waals surface area (Å²) in [5.74, 6) is 1.52. The van der Waals surface area contributed by atoms with Crippen LogP contribution in [-0.2, 0) is 0 Å². The van der Waals surface area contributed by atoms with Crippen LogP contribution in [0.4, 0.5) is 0 Å². The van der Waals surface area contributed by atoms with Crippen molar-refractivity contribution < 1.29 is 0 Å². The Kier molecular flexibility index (Phi) is 5.23. The van der Waals surface area contributed by atoms with Gasteiger partial charge in [-0.3, -0.25) is 0 Å². The molecule has 19 heavy (non-hydrogen) atoms. The molecule has 0 fully saturated rings. The van der Waals surface area contributed by atoms with Crippen LogP contribution in [-0.4, -0.2) is 6.54 Å². The quantitative estimate of drug-likeness (QED) is 0.761. The normalized spacial score (nSPS) is 24.9. The van der Waals surface area contributed by atoms with Crippen LogP contribution < -0.4 is 5.32 Å².